The van der Waals surface area contributed by atoms with Crippen molar-refractivity contribution in [3.05, 3.63) is 0 Å². The third-order valence-corrected chi connectivity index (χ3v) is 6.11. The van der Waals surface area contributed by atoms with E-state index in [9.17, 15) is 30.7 Å². The van der Waals surface area contributed by atoms with Gasteiger partial charge >= 0.3 is 0 Å². The topological polar surface area (TPSA) is 12.0 Å². The Morgan fingerprint density at radius 1 is 0.680 bits per heavy atom. The van der Waals surface area contributed by atoms with Gasteiger partial charge in [-0.15, -0.1) is 0 Å². The fourth-order valence-electron chi connectivity index (χ4n) is 3.88. The van der Waals surface area contributed by atoms with E-state index in [1.165, 1.54) is 0 Å². The fourth-order valence-corrected chi connectivity index (χ4v) is 3.88. The van der Waals surface area contributed by atoms with Crippen molar-refractivity contribution in [1.29, 1.82) is 0 Å². The summed E-state index contributed by atoms with van der Waals surface area (Å²) >= 11 is 0. The molecule has 0 atom stereocenters. The summed E-state index contributed by atoms with van der Waals surface area (Å²) in [4.78, 5) is 0. The maximum absolute atomic E-state index is 13.9. The summed E-state index contributed by atoms with van der Waals surface area (Å²) in [6.45, 7) is -9.97. The summed E-state index contributed by atoms with van der Waals surface area (Å²) in [6.07, 6.45) is 2.55. The van der Waals surface area contributed by atoms with Crippen LogP contribution in [0, 0.1) is 16.7 Å². The Hall–Kier alpha value is -0.530. The second kappa shape index (κ2) is 9.42. The molecular weight excluding hydrogens is 351 g/mol. The Bertz CT molecular complexity index is 365. The SMILES string of the molecule is CC1CCC(NC(CF)(CF)C(CF)(CF)C(CF)(CF)CF)CC1. The second-order valence-corrected chi connectivity index (χ2v) is 7.48. The van der Waals surface area contributed by atoms with Gasteiger partial charge in [0.1, 0.15) is 46.7 Å². The molecule has 1 fully saturated rings. The van der Waals surface area contributed by atoms with E-state index in [2.05, 4.69) is 5.32 Å². The van der Waals surface area contributed by atoms with E-state index in [4.69, 9.17) is 0 Å². The summed E-state index contributed by atoms with van der Waals surface area (Å²) in [6, 6.07) is -0.447. The van der Waals surface area contributed by atoms with Crippen molar-refractivity contribution in [1.82, 2.24) is 5.32 Å². The van der Waals surface area contributed by atoms with Crippen molar-refractivity contribution >= 4 is 0 Å². The second-order valence-electron chi connectivity index (χ2n) is 7.48. The lowest BCUT2D eigenvalue weighted by molar-refractivity contribution is -0.138. The molecule has 1 aliphatic carbocycles. The van der Waals surface area contributed by atoms with Gasteiger partial charge in [-0.2, -0.15) is 0 Å². The van der Waals surface area contributed by atoms with E-state index in [0.717, 1.165) is 12.8 Å². The third-order valence-electron chi connectivity index (χ3n) is 6.11. The molecule has 150 valence electrons. The highest BCUT2D eigenvalue weighted by molar-refractivity contribution is 5.14. The van der Waals surface area contributed by atoms with Crippen molar-refractivity contribution in [2.24, 2.45) is 16.7 Å². The Balaban J connectivity index is 3.32. The smallest absolute Gasteiger partial charge is 0.111 e. The van der Waals surface area contributed by atoms with Gasteiger partial charge in [0.05, 0.1) is 16.4 Å². The summed E-state index contributed by atoms with van der Waals surface area (Å²) in [5.41, 5.74) is -8.11. The van der Waals surface area contributed by atoms with E-state index in [-0.39, 0.29) is 0 Å². The largest absolute Gasteiger partial charge is 0.303 e. The molecule has 0 aromatic rings. The zero-order valence-corrected chi connectivity index (χ0v) is 14.6. The van der Waals surface area contributed by atoms with Crippen LogP contribution >= 0.6 is 0 Å². The lowest BCUT2D eigenvalue weighted by Gasteiger charge is -2.55. The van der Waals surface area contributed by atoms with Gasteiger partial charge in [-0.3, -0.25) is 22.0 Å². The quantitative estimate of drug-likeness (QED) is 0.515. The van der Waals surface area contributed by atoms with Gasteiger partial charge in [0.25, 0.3) is 0 Å². The van der Waals surface area contributed by atoms with Gasteiger partial charge in [0.15, 0.2) is 0 Å². The molecular formula is C17H28F7N. The van der Waals surface area contributed by atoms with E-state index >= 15 is 0 Å². The van der Waals surface area contributed by atoms with Gasteiger partial charge in [0.2, 0.25) is 0 Å². The number of hydrogen-bond donors (Lipinski definition) is 1. The molecule has 1 saturated carbocycles. The van der Waals surface area contributed by atoms with Gasteiger partial charge in [-0.1, -0.05) is 6.92 Å². The molecule has 0 aliphatic heterocycles. The first-order valence-electron chi connectivity index (χ1n) is 8.59. The summed E-state index contributed by atoms with van der Waals surface area (Å²) in [7, 11) is 0. The van der Waals surface area contributed by atoms with Gasteiger partial charge in [-0.25, -0.2) is 8.78 Å². The van der Waals surface area contributed by atoms with Crippen LogP contribution in [-0.4, -0.2) is 58.3 Å². The molecule has 0 amide bonds. The monoisotopic (exact) mass is 379 g/mol. The van der Waals surface area contributed by atoms with Crippen LogP contribution < -0.4 is 5.32 Å². The van der Waals surface area contributed by atoms with E-state index in [1.807, 2.05) is 6.92 Å². The molecule has 0 radical (unpaired) electrons. The van der Waals surface area contributed by atoms with Crippen molar-refractivity contribution in [3.63, 3.8) is 0 Å². The Morgan fingerprint density at radius 2 is 1.12 bits per heavy atom. The molecule has 0 unspecified atom stereocenters. The lowest BCUT2D eigenvalue weighted by Crippen LogP contribution is -2.73. The average molecular weight is 379 g/mol. The molecule has 0 saturated heterocycles. The zero-order valence-electron chi connectivity index (χ0n) is 14.6. The maximum atomic E-state index is 13.9. The average Bonchev–Trinajstić information content (AvgIpc) is 2.66. The highest BCUT2D eigenvalue weighted by Crippen LogP contribution is 2.51. The number of alkyl halides is 7. The molecule has 1 N–H and O–H groups in total. The minimum atomic E-state index is -2.81. The van der Waals surface area contributed by atoms with Crippen molar-refractivity contribution in [2.45, 2.75) is 44.2 Å². The molecule has 25 heavy (non-hydrogen) atoms. The number of rotatable bonds is 11. The number of nitrogens with one attached hydrogen (secondary N) is 1. The summed E-state index contributed by atoms with van der Waals surface area (Å²) in [5, 5.41) is 2.61. The van der Waals surface area contributed by atoms with Crippen LogP contribution in [-0.2, 0) is 0 Å². The highest BCUT2D eigenvalue weighted by Gasteiger charge is 2.65. The van der Waals surface area contributed by atoms with Crippen molar-refractivity contribution in [2.75, 3.05) is 46.7 Å². The molecule has 1 rings (SSSR count). The molecule has 1 nitrogen and oxygen atoms in total. The minimum Gasteiger partial charge on any atom is -0.303 e. The maximum Gasteiger partial charge on any atom is 0.111 e. The van der Waals surface area contributed by atoms with Gasteiger partial charge < -0.3 is 5.32 Å². The van der Waals surface area contributed by atoms with Crippen LogP contribution in [0.4, 0.5) is 30.7 Å². The predicted molar refractivity (Wildman–Crippen MR) is 84.0 cm³/mol. The molecule has 0 spiro atoms. The fraction of sp³-hybridized carbons (Fsp3) is 1.00. The van der Waals surface area contributed by atoms with Gasteiger partial charge in [0, 0.05) is 6.04 Å². The Kier molecular flexibility index (Phi) is 8.48. The van der Waals surface area contributed by atoms with E-state index < -0.39 is 69.1 Å². The van der Waals surface area contributed by atoms with Crippen LogP contribution in [0.15, 0.2) is 0 Å². The normalized spacial score (nSPS) is 23.0. The Labute approximate surface area is 144 Å². The molecule has 8 heteroatoms. The van der Waals surface area contributed by atoms with E-state index in [1.54, 1.807) is 0 Å². The van der Waals surface area contributed by atoms with Crippen LogP contribution in [0.5, 0.6) is 0 Å². The van der Waals surface area contributed by atoms with Crippen LogP contribution in [0.3, 0.4) is 0 Å². The highest BCUT2D eigenvalue weighted by atomic mass is 19.2. The van der Waals surface area contributed by atoms with E-state index in [0.29, 0.717) is 18.8 Å². The van der Waals surface area contributed by atoms with Crippen molar-refractivity contribution < 1.29 is 30.7 Å². The lowest BCUT2D eigenvalue weighted by atomic mass is 9.56. The molecule has 0 aromatic carbocycles. The molecule has 0 aromatic heterocycles. The summed E-state index contributed by atoms with van der Waals surface area (Å²) < 4.78 is 96.4. The summed E-state index contributed by atoms with van der Waals surface area (Å²) in [5.74, 6) is 0.414. The first kappa shape index (κ1) is 22.5. The van der Waals surface area contributed by atoms with Crippen LogP contribution in [0.25, 0.3) is 0 Å². The first-order valence-corrected chi connectivity index (χ1v) is 8.59. The Morgan fingerprint density at radius 3 is 1.44 bits per heavy atom. The number of halogens is 7. The van der Waals surface area contributed by atoms with Crippen LogP contribution in [0.2, 0.25) is 0 Å². The zero-order chi connectivity index (χ0) is 19.1. The third kappa shape index (κ3) is 3.78. The predicted octanol–water partition coefficient (Wildman–Crippen LogP) is 4.65. The minimum absolute atomic E-state index is 0.414. The molecule has 0 heterocycles. The van der Waals surface area contributed by atoms with Crippen molar-refractivity contribution in [3.8, 4) is 0 Å². The molecule has 0 bridgehead atoms. The standard InChI is InChI=1S/C17H28F7N/c1-13-2-4-14(5-3-13)25-17(11-23,12-24)16(9-21,10-22)15(6-18,7-19)8-20/h13-14,25H,2-12H2,1H3. The first-order chi connectivity index (χ1) is 11.9. The molecule has 1 aliphatic rings. The number of hydrogen-bond acceptors (Lipinski definition) is 1. The van der Waals surface area contributed by atoms with Gasteiger partial charge in [-0.05, 0) is 31.6 Å². The van der Waals surface area contributed by atoms with Crippen LogP contribution in [0.1, 0.15) is 32.6 Å².